The molecule has 8 heteroatoms. The van der Waals surface area contributed by atoms with Crippen LogP contribution in [0.2, 0.25) is 0 Å². The molecule has 0 spiro atoms. The molecule has 0 saturated carbocycles. The fourth-order valence-corrected chi connectivity index (χ4v) is 1.61. The largest absolute Gasteiger partial charge is 0.464 e. The number of hydrogen-bond donors (Lipinski definition) is 3. The zero-order chi connectivity index (χ0) is 16.4. The van der Waals surface area contributed by atoms with Crippen molar-refractivity contribution in [2.45, 2.75) is 19.4 Å². The van der Waals surface area contributed by atoms with E-state index in [0.717, 1.165) is 0 Å². The van der Waals surface area contributed by atoms with E-state index in [4.69, 9.17) is 21.0 Å². The monoisotopic (exact) mass is 308 g/mol. The number of guanidine groups is 1. The number of benzene rings is 1. The SMILES string of the molecule is CCOC(=O)C(CCON=C(N)N)NC(=O)c1ccccc1. The highest BCUT2D eigenvalue weighted by molar-refractivity contribution is 5.96. The second-order valence-electron chi connectivity index (χ2n) is 4.28. The highest BCUT2D eigenvalue weighted by atomic mass is 16.6. The first-order valence-corrected chi connectivity index (χ1v) is 6.78. The van der Waals surface area contributed by atoms with Crippen LogP contribution in [0.1, 0.15) is 23.7 Å². The van der Waals surface area contributed by atoms with Crippen LogP contribution in [-0.4, -0.2) is 37.1 Å². The number of esters is 1. The van der Waals surface area contributed by atoms with Crippen LogP contribution in [0.25, 0.3) is 0 Å². The lowest BCUT2D eigenvalue weighted by Gasteiger charge is -2.16. The summed E-state index contributed by atoms with van der Waals surface area (Å²) in [6, 6.07) is 7.71. The maximum Gasteiger partial charge on any atom is 0.328 e. The number of carbonyl (C=O) groups excluding carboxylic acids is 2. The van der Waals surface area contributed by atoms with E-state index in [1.54, 1.807) is 37.3 Å². The third kappa shape index (κ3) is 6.12. The number of hydrogen-bond acceptors (Lipinski definition) is 5. The van der Waals surface area contributed by atoms with Crippen LogP contribution in [0.3, 0.4) is 0 Å². The maximum absolute atomic E-state index is 12.1. The molecule has 1 unspecified atom stereocenters. The van der Waals surface area contributed by atoms with Crippen LogP contribution in [0.5, 0.6) is 0 Å². The Hall–Kier alpha value is -2.77. The van der Waals surface area contributed by atoms with Gasteiger partial charge in [-0.05, 0) is 24.2 Å². The lowest BCUT2D eigenvalue weighted by Crippen LogP contribution is -2.42. The number of nitrogens with one attached hydrogen (secondary N) is 1. The van der Waals surface area contributed by atoms with Gasteiger partial charge in [-0.3, -0.25) is 4.79 Å². The van der Waals surface area contributed by atoms with E-state index >= 15 is 0 Å². The van der Waals surface area contributed by atoms with Gasteiger partial charge in [-0.2, -0.15) is 0 Å². The summed E-state index contributed by atoms with van der Waals surface area (Å²) in [5, 5.41) is 5.95. The molecule has 0 aliphatic heterocycles. The molecule has 1 rings (SSSR count). The van der Waals surface area contributed by atoms with E-state index in [2.05, 4.69) is 10.5 Å². The van der Waals surface area contributed by atoms with Crippen molar-refractivity contribution in [3.8, 4) is 0 Å². The summed E-state index contributed by atoms with van der Waals surface area (Å²) in [5.74, 6) is -1.14. The smallest absolute Gasteiger partial charge is 0.328 e. The van der Waals surface area contributed by atoms with Crippen LogP contribution in [0, 0.1) is 0 Å². The summed E-state index contributed by atoms with van der Waals surface area (Å²) < 4.78 is 4.92. The number of oxime groups is 1. The van der Waals surface area contributed by atoms with Gasteiger partial charge in [0.1, 0.15) is 12.6 Å². The van der Waals surface area contributed by atoms with Crippen molar-refractivity contribution < 1.29 is 19.2 Å². The number of nitrogens with two attached hydrogens (primary N) is 2. The number of ether oxygens (including phenoxy) is 1. The highest BCUT2D eigenvalue weighted by Gasteiger charge is 2.22. The molecule has 1 aromatic rings. The van der Waals surface area contributed by atoms with Crippen LogP contribution in [0.15, 0.2) is 35.5 Å². The van der Waals surface area contributed by atoms with Gasteiger partial charge in [-0.25, -0.2) is 4.79 Å². The van der Waals surface area contributed by atoms with Crippen molar-refractivity contribution in [3.63, 3.8) is 0 Å². The van der Waals surface area contributed by atoms with Crippen molar-refractivity contribution in [3.05, 3.63) is 35.9 Å². The third-order valence-corrected chi connectivity index (χ3v) is 2.58. The molecule has 8 nitrogen and oxygen atoms in total. The van der Waals surface area contributed by atoms with Crippen LogP contribution in [-0.2, 0) is 14.4 Å². The van der Waals surface area contributed by atoms with Gasteiger partial charge in [0.25, 0.3) is 5.91 Å². The Kier molecular flexibility index (Phi) is 7.24. The van der Waals surface area contributed by atoms with Crippen molar-refractivity contribution in [1.82, 2.24) is 5.32 Å². The molecule has 5 N–H and O–H groups in total. The van der Waals surface area contributed by atoms with E-state index in [9.17, 15) is 9.59 Å². The van der Waals surface area contributed by atoms with Crippen molar-refractivity contribution in [2.24, 2.45) is 16.6 Å². The normalized spacial score (nSPS) is 11.1. The number of nitrogens with zero attached hydrogens (tertiary/aromatic N) is 1. The van der Waals surface area contributed by atoms with Gasteiger partial charge >= 0.3 is 5.97 Å². The van der Waals surface area contributed by atoms with Crippen molar-refractivity contribution >= 4 is 17.8 Å². The van der Waals surface area contributed by atoms with E-state index in [1.807, 2.05) is 0 Å². The Morgan fingerprint density at radius 3 is 2.55 bits per heavy atom. The molecule has 1 atom stereocenters. The molecule has 0 saturated heterocycles. The molecule has 0 heterocycles. The van der Waals surface area contributed by atoms with E-state index in [1.165, 1.54) is 0 Å². The quantitative estimate of drug-likeness (QED) is 0.203. The van der Waals surface area contributed by atoms with E-state index in [0.29, 0.717) is 5.56 Å². The average Bonchev–Trinajstić information content (AvgIpc) is 2.51. The summed E-state index contributed by atoms with van der Waals surface area (Å²) in [7, 11) is 0. The summed E-state index contributed by atoms with van der Waals surface area (Å²) in [6.45, 7) is 1.95. The second kappa shape index (κ2) is 9.22. The number of carbonyl (C=O) groups is 2. The summed E-state index contributed by atoms with van der Waals surface area (Å²) in [5.41, 5.74) is 10.7. The maximum atomic E-state index is 12.1. The minimum absolute atomic E-state index is 0.0520. The van der Waals surface area contributed by atoms with Gasteiger partial charge in [-0.1, -0.05) is 18.2 Å². The van der Waals surface area contributed by atoms with Crippen LogP contribution >= 0.6 is 0 Å². The molecule has 0 aliphatic rings. The van der Waals surface area contributed by atoms with E-state index in [-0.39, 0.29) is 31.5 Å². The molecular weight excluding hydrogens is 288 g/mol. The molecule has 0 aromatic heterocycles. The van der Waals surface area contributed by atoms with Gasteiger partial charge in [-0.15, -0.1) is 0 Å². The lowest BCUT2D eigenvalue weighted by atomic mass is 10.1. The standard InChI is InChI=1S/C14H20N4O4/c1-2-21-13(20)11(8-9-22-18-14(15)16)17-12(19)10-6-4-3-5-7-10/h3-7,11H,2,8-9H2,1H3,(H,17,19)(H4,15,16,18). The van der Waals surface area contributed by atoms with Gasteiger partial charge in [0.15, 0.2) is 0 Å². The Labute approximate surface area is 128 Å². The minimum atomic E-state index is -0.846. The Balaban J connectivity index is 2.63. The molecule has 0 aliphatic carbocycles. The molecule has 120 valence electrons. The summed E-state index contributed by atoms with van der Waals surface area (Å²) in [4.78, 5) is 28.8. The zero-order valence-corrected chi connectivity index (χ0v) is 12.3. The first kappa shape index (κ1) is 17.3. The molecular formula is C14H20N4O4. The number of amides is 1. The highest BCUT2D eigenvalue weighted by Crippen LogP contribution is 2.03. The minimum Gasteiger partial charge on any atom is -0.464 e. The fourth-order valence-electron chi connectivity index (χ4n) is 1.61. The van der Waals surface area contributed by atoms with Crippen LogP contribution < -0.4 is 16.8 Å². The molecule has 22 heavy (non-hydrogen) atoms. The van der Waals surface area contributed by atoms with Gasteiger partial charge in [0.2, 0.25) is 5.96 Å². The molecule has 1 aromatic carbocycles. The topological polar surface area (TPSA) is 129 Å². The Bertz CT molecular complexity index is 515. The first-order valence-electron chi connectivity index (χ1n) is 6.78. The zero-order valence-electron chi connectivity index (χ0n) is 12.3. The summed E-state index contributed by atoms with van der Waals surface area (Å²) in [6.07, 6.45) is 0.175. The summed E-state index contributed by atoms with van der Waals surface area (Å²) >= 11 is 0. The predicted octanol–water partition coefficient (Wildman–Crippen LogP) is -0.0568. The van der Waals surface area contributed by atoms with Gasteiger partial charge in [0.05, 0.1) is 6.61 Å². The predicted molar refractivity (Wildman–Crippen MR) is 80.7 cm³/mol. The Morgan fingerprint density at radius 2 is 1.95 bits per heavy atom. The van der Waals surface area contributed by atoms with Crippen molar-refractivity contribution in [2.75, 3.05) is 13.2 Å². The van der Waals surface area contributed by atoms with Gasteiger partial charge < -0.3 is 26.4 Å². The van der Waals surface area contributed by atoms with E-state index < -0.39 is 12.0 Å². The fraction of sp³-hybridized carbons (Fsp3) is 0.357. The van der Waals surface area contributed by atoms with Crippen LogP contribution in [0.4, 0.5) is 0 Å². The molecule has 0 radical (unpaired) electrons. The lowest BCUT2D eigenvalue weighted by molar-refractivity contribution is -0.145. The van der Waals surface area contributed by atoms with Gasteiger partial charge in [0, 0.05) is 12.0 Å². The third-order valence-electron chi connectivity index (χ3n) is 2.58. The number of rotatable bonds is 8. The Morgan fingerprint density at radius 1 is 1.27 bits per heavy atom. The molecule has 1 amide bonds. The average molecular weight is 308 g/mol. The first-order chi connectivity index (χ1) is 10.5. The molecule has 0 fully saturated rings. The van der Waals surface area contributed by atoms with Crippen molar-refractivity contribution in [1.29, 1.82) is 0 Å². The molecule has 0 bridgehead atoms. The second-order valence-corrected chi connectivity index (χ2v) is 4.28.